The summed E-state index contributed by atoms with van der Waals surface area (Å²) in [5.74, 6) is 0.879. The standard InChI is InChI=1S/C31H61NO2/c1-5-6-7-19-22-25-30(28-29-32(2)3)26-23-20-17-15-13-11-9-8-10-12-14-16-18-21-24-27-31(33)34-4/h8,10,30H,5-7,9,11-29H2,1-4H3/b10-8-. The molecule has 0 rings (SSSR count). The molecular formula is C31H61NO2. The van der Waals surface area contributed by atoms with Crippen LogP contribution in [-0.4, -0.2) is 38.6 Å². The summed E-state index contributed by atoms with van der Waals surface area (Å²) >= 11 is 0. The fourth-order valence-electron chi connectivity index (χ4n) is 4.71. The van der Waals surface area contributed by atoms with Gasteiger partial charge < -0.3 is 9.64 Å². The van der Waals surface area contributed by atoms with Crippen LogP contribution in [-0.2, 0) is 9.53 Å². The van der Waals surface area contributed by atoms with Gasteiger partial charge in [-0.3, -0.25) is 4.79 Å². The van der Waals surface area contributed by atoms with E-state index in [4.69, 9.17) is 0 Å². The van der Waals surface area contributed by atoms with E-state index in [-0.39, 0.29) is 5.97 Å². The number of unbranched alkanes of at least 4 members (excludes halogenated alkanes) is 15. The Kier molecular flexibility index (Phi) is 26.1. The molecule has 3 nitrogen and oxygen atoms in total. The normalized spacial score (nSPS) is 12.6. The van der Waals surface area contributed by atoms with E-state index < -0.39 is 0 Å². The molecular weight excluding hydrogens is 418 g/mol. The maximum Gasteiger partial charge on any atom is 0.305 e. The van der Waals surface area contributed by atoms with E-state index in [0.717, 1.165) is 18.8 Å². The minimum absolute atomic E-state index is 0.0734. The van der Waals surface area contributed by atoms with Gasteiger partial charge in [0.1, 0.15) is 0 Å². The Morgan fingerprint density at radius 3 is 1.65 bits per heavy atom. The van der Waals surface area contributed by atoms with Crippen molar-refractivity contribution in [3.8, 4) is 0 Å². The second kappa shape index (κ2) is 26.8. The van der Waals surface area contributed by atoms with E-state index >= 15 is 0 Å². The molecule has 0 saturated carbocycles. The molecule has 1 atom stereocenters. The number of nitrogens with zero attached hydrogens (tertiary/aromatic N) is 1. The number of rotatable bonds is 26. The van der Waals surface area contributed by atoms with Crippen molar-refractivity contribution in [2.24, 2.45) is 5.92 Å². The molecule has 0 aliphatic carbocycles. The molecule has 0 aromatic heterocycles. The van der Waals surface area contributed by atoms with Crippen LogP contribution in [0.2, 0.25) is 0 Å². The summed E-state index contributed by atoms with van der Waals surface area (Å²) in [5.41, 5.74) is 0. The van der Waals surface area contributed by atoms with Crippen LogP contribution in [0, 0.1) is 5.92 Å². The summed E-state index contributed by atoms with van der Waals surface area (Å²) in [6.45, 7) is 3.56. The third-order valence-corrected chi connectivity index (χ3v) is 7.08. The fourth-order valence-corrected chi connectivity index (χ4v) is 4.71. The van der Waals surface area contributed by atoms with Crippen LogP contribution >= 0.6 is 0 Å². The Labute approximate surface area is 214 Å². The van der Waals surface area contributed by atoms with Crippen LogP contribution < -0.4 is 0 Å². The van der Waals surface area contributed by atoms with Crippen LogP contribution in [0.4, 0.5) is 0 Å². The quantitative estimate of drug-likeness (QED) is 0.0702. The molecule has 0 spiro atoms. The smallest absolute Gasteiger partial charge is 0.305 e. The summed E-state index contributed by atoms with van der Waals surface area (Å²) in [6.07, 6.45) is 33.6. The first kappa shape index (κ1) is 33.2. The van der Waals surface area contributed by atoms with Crippen LogP contribution in [0.3, 0.4) is 0 Å². The third kappa shape index (κ3) is 25.8. The zero-order valence-corrected chi connectivity index (χ0v) is 23.8. The molecule has 34 heavy (non-hydrogen) atoms. The lowest BCUT2D eigenvalue weighted by molar-refractivity contribution is -0.140. The molecule has 0 aliphatic heterocycles. The van der Waals surface area contributed by atoms with Crippen molar-refractivity contribution in [3.05, 3.63) is 12.2 Å². The first-order valence-electron chi connectivity index (χ1n) is 15.0. The van der Waals surface area contributed by atoms with Gasteiger partial charge in [-0.15, -0.1) is 0 Å². The average Bonchev–Trinajstić information content (AvgIpc) is 2.83. The number of hydrogen-bond donors (Lipinski definition) is 0. The molecule has 0 aromatic rings. The van der Waals surface area contributed by atoms with Gasteiger partial charge in [-0.2, -0.15) is 0 Å². The predicted molar refractivity (Wildman–Crippen MR) is 150 cm³/mol. The molecule has 3 heteroatoms. The van der Waals surface area contributed by atoms with E-state index in [0.29, 0.717) is 6.42 Å². The lowest BCUT2D eigenvalue weighted by atomic mass is 9.91. The summed E-state index contributed by atoms with van der Waals surface area (Å²) in [4.78, 5) is 13.4. The van der Waals surface area contributed by atoms with E-state index in [1.54, 1.807) is 0 Å². The summed E-state index contributed by atoms with van der Waals surface area (Å²) in [7, 11) is 5.90. The fraction of sp³-hybridized carbons (Fsp3) is 0.903. The number of esters is 1. The Morgan fingerprint density at radius 2 is 1.15 bits per heavy atom. The van der Waals surface area contributed by atoms with E-state index in [1.807, 2.05) is 0 Å². The van der Waals surface area contributed by atoms with Gasteiger partial charge in [0.25, 0.3) is 0 Å². The topological polar surface area (TPSA) is 29.5 Å². The molecule has 0 amide bonds. The number of ether oxygens (including phenoxy) is 1. The van der Waals surface area contributed by atoms with Crippen molar-refractivity contribution in [2.45, 2.75) is 148 Å². The lowest BCUT2D eigenvalue weighted by Gasteiger charge is -2.19. The second-order valence-electron chi connectivity index (χ2n) is 10.7. The van der Waals surface area contributed by atoms with E-state index in [9.17, 15) is 4.79 Å². The van der Waals surface area contributed by atoms with Gasteiger partial charge in [0.2, 0.25) is 0 Å². The highest BCUT2D eigenvalue weighted by atomic mass is 16.5. The predicted octanol–water partition coefficient (Wildman–Crippen LogP) is 9.50. The first-order valence-corrected chi connectivity index (χ1v) is 15.0. The van der Waals surface area contributed by atoms with Gasteiger partial charge in [0.15, 0.2) is 0 Å². The van der Waals surface area contributed by atoms with Gasteiger partial charge >= 0.3 is 5.97 Å². The van der Waals surface area contributed by atoms with Crippen molar-refractivity contribution in [1.82, 2.24) is 4.90 Å². The van der Waals surface area contributed by atoms with Crippen LogP contribution in [0.1, 0.15) is 148 Å². The Hall–Kier alpha value is -0.830. The number of methoxy groups -OCH3 is 1. The highest BCUT2D eigenvalue weighted by Crippen LogP contribution is 2.22. The van der Waals surface area contributed by atoms with Crippen molar-refractivity contribution in [3.63, 3.8) is 0 Å². The molecule has 202 valence electrons. The lowest BCUT2D eigenvalue weighted by Crippen LogP contribution is -2.17. The minimum atomic E-state index is -0.0734. The highest BCUT2D eigenvalue weighted by molar-refractivity contribution is 5.68. The van der Waals surface area contributed by atoms with Gasteiger partial charge in [-0.05, 0) is 65.1 Å². The number of hydrogen-bond acceptors (Lipinski definition) is 3. The number of allylic oxidation sites excluding steroid dienone is 2. The molecule has 0 aliphatic rings. The molecule has 0 radical (unpaired) electrons. The zero-order valence-electron chi connectivity index (χ0n) is 23.8. The monoisotopic (exact) mass is 479 g/mol. The maximum atomic E-state index is 11.0. The van der Waals surface area contributed by atoms with Crippen molar-refractivity contribution < 1.29 is 9.53 Å². The van der Waals surface area contributed by atoms with Crippen LogP contribution in [0.25, 0.3) is 0 Å². The Balaban J connectivity index is 3.53. The van der Waals surface area contributed by atoms with Gasteiger partial charge in [0, 0.05) is 6.42 Å². The van der Waals surface area contributed by atoms with Crippen LogP contribution in [0.5, 0.6) is 0 Å². The summed E-state index contributed by atoms with van der Waals surface area (Å²) in [6, 6.07) is 0. The van der Waals surface area contributed by atoms with Gasteiger partial charge in [0.05, 0.1) is 7.11 Å². The van der Waals surface area contributed by atoms with E-state index in [2.05, 4.69) is 42.8 Å². The highest BCUT2D eigenvalue weighted by Gasteiger charge is 2.09. The summed E-state index contributed by atoms with van der Waals surface area (Å²) in [5, 5.41) is 0. The molecule has 0 N–H and O–H groups in total. The molecule has 0 fully saturated rings. The molecule has 1 unspecified atom stereocenters. The van der Waals surface area contributed by atoms with Gasteiger partial charge in [-0.1, -0.05) is 115 Å². The molecule has 0 heterocycles. The first-order chi connectivity index (χ1) is 16.6. The molecule has 0 aromatic carbocycles. The second-order valence-corrected chi connectivity index (χ2v) is 10.7. The largest absolute Gasteiger partial charge is 0.469 e. The minimum Gasteiger partial charge on any atom is -0.469 e. The van der Waals surface area contributed by atoms with Gasteiger partial charge in [-0.25, -0.2) is 0 Å². The Morgan fingerprint density at radius 1 is 0.676 bits per heavy atom. The third-order valence-electron chi connectivity index (χ3n) is 7.08. The Bertz CT molecular complexity index is 447. The SMILES string of the molecule is CCCCCCCC(CCCCCCCC/C=C\CCCCCCCC(=O)OC)CCN(C)C. The molecule has 0 saturated heterocycles. The van der Waals surface area contributed by atoms with E-state index in [1.165, 1.54) is 136 Å². The van der Waals surface area contributed by atoms with Crippen molar-refractivity contribution >= 4 is 5.97 Å². The number of carbonyl (C=O) groups is 1. The van der Waals surface area contributed by atoms with Crippen molar-refractivity contribution in [2.75, 3.05) is 27.7 Å². The average molecular weight is 480 g/mol. The molecule has 0 bridgehead atoms. The maximum absolute atomic E-state index is 11.0. The van der Waals surface area contributed by atoms with Crippen molar-refractivity contribution in [1.29, 1.82) is 0 Å². The summed E-state index contributed by atoms with van der Waals surface area (Å²) < 4.78 is 4.67. The number of carbonyl (C=O) groups excluding carboxylic acids is 1. The van der Waals surface area contributed by atoms with Crippen LogP contribution in [0.15, 0.2) is 12.2 Å². The zero-order chi connectivity index (χ0) is 25.1.